The number of sulfonamides is 1. The van der Waals surface area contributed by atoms with Gasteiger partial charge in [-0.25, -0.2) is 18.1 Å². The van der Waals surface area contributed by atoms with Crippen LogP contribution in [0.25, 0.3) is 0 Å². The fourth-order valence-electron chi connectivity index (χ4n) is 2.07. The summed E-state index contributed by atoms with van der Waals surface area (Å²) in [6.07, 6.45) is 4.05. The molecule has 0 bridgehead atoms. The highest BCUT2D eigenvalue weighted by Gasteiger charge is 2.12. The molecule has 1 aromatic carbocycles. The van der Waals surface area contributed by atoms with Gasteiger partial charge in [0.25, 0.3) is 0 Å². The smallest absolute Gasteiger partial charge is 0.240 e. The van der Waals surface area contributed by atoms with Crippen LogP contribution in [0.4, 0.5) is 11.5 Å². The Hall–Kier alpha value is -1.42. The molecule has 0 atom stereocenters. The largest absolute Gasteiger partial charge is 0.399 e. The molecule has 2 aromatic rings. The minimum absolute atomic E-state index is 0.180. The number of nitrogens with one attached hydrogen (secondary N) is 2. The van der Waals surface area contributed by atoms with Crippen LogP contribution in [-0.2, 0) is 10.0 Å². The van der Waals surface area contributed by atoms with Crippen molar-refractivity contribution in [3.05, 3.63) is 40.2 Å². The molecule has 1 heterocycles. The van der Waals surface area contributed by atoms with Crippen molar-refractivity contribution in [1.82, 2.24) is 14.7 Å². The number of halogens is 2. The first kappa shape index (κ1) is 19.9. The number of nitrogen functional groups attached to an aromatic ring is 1. The maximum absolute atomic E-state index is 12.1. The van der Waals surface area contributed by atoms with E-state index in [0.717, 1.165) is 23.7 Å². The van der Waals surface area contributed by atoms with E-state index < -0.39 is 10.0 Å². The SMILES string of the molecule is Nc1cccc(S(=O)(=O)NCCCCCNc2nc(Cl)ncc2Br)c1. The highest BCUT2D eigenvalue weighted by atomic mass is 79.9. The monoisotopic (exact) mass is 447 g/mol. The normalized spacial score (nSPS) is 11.4. The van der Waals surface area contributed by atoms with E-state index in [2.05, 4.69) is 35.9 Å². The van der Waals surface area contributed by atoms with Crippen LogP contribution >= 0.6 is 27.5 Å². The van der Waals surface area contributed by atoms with E-state index in [1.54, 1.807) is 18.3 Å². The summed E-state index contributed by atoms with van der Waals surface area (Å²) in [6.45, 7) is 1.08. The van der Waals surface area contributed by atoms with Gasteiger partial charge in [-0.2, -0.15) is 4.98 Å². The molecule has 4 N–H and O–H groups in total. The number of rotatable bonds is 9. The Balaban J connectivity index is 1.67. The van der Waals surface area contributed by atoms with Crippen molar-refractivity contribution in [3.8, 4) is 0 Å². The van der Waals surface area contributed by atoms with Crippen LogP contribution in [-0.4, -0.2) is 31.5 Å². The Morgan fingerprint density at radius 3 is 2.72 bits per heavy atom. The number of nitrogens with two attached hydrogens (primary N) is 1. The second-order valence-electron chi connectivity index (χ2n) is 5.29. The lowest BCUT2D eigenvalue weighted by Gasteiger charge is -2.09. The molecule has 7 nitrogen and oxygen atoms in total. The molecular weight excluding hydrogens is 430 g/mol. The zero-order valence-electron chi connectivity index (χ0n) is 13.4. The Morgan fingerprint density at radius 1 is 1.20 bits per heavy atom. The van der Waals surface area contributed by atoms with Crippen LogP contribution in [0.1, 0.15) is 19.3 Å². The van der Waals surface area contributed by atoms with Crippen LogP contribution in [0.2, 0.25) is 5.28 Å². The van der Waals surface area contributed by atoms with Gasteiger partial charge in [0.2, 0.25) is 15.3 Å². The molecule has 10 heteroatoms. The number of benzene rings is 1. The molecule has 0 amide bonds. The van der Waals surface area contributed by atoms with E-state index in [0.29, 0.717) is 24.6 Å². The van der Waals surface area contributed by atoms with Gasteiger partial charge in [-0.3, -0.25) is 0 Å². The summed E-state index contributed by atoms with van der Waals surface area (Å²) in [4.78, 5) is 8.11. The molecule has 25 heavy (non-hydrogen) atoms. The van der Waals surface area contributed by atoms with Gasteiger partial charge in [0.1, 0.15) is 5.82 Å². The molecule has 136 valence electrons. The number of hydrogen-bond donors (Lipinski definition) is 3. The maximum atomic E-state index is 12.1. The molecule has 0 spiro atoms. The molecule has 0 radical (unpaired) electrons. The van der Waals surface area contributed by atoms with Gasteiger partial charge in [0.05, 0.1) is 9.37 Å². The number of aromatic nitrogens is 2. The molecule has 0 unspecified atom stereocenters. The predicted molar refractivity (Wildman–Crippen MR) is 103 cm³/mol. The molecular formula is C15H19BrClN5O2S. The Bertz CT molecular complexity index is 819. The number of nitrogens with zero attached hydrogens (tertiary/aromatic N) is 2. The van der Waals surface area contributed by atoms with E-state index in [9.17, 15) is 8.42 Å². The summed E-state index contributed by atoms with van der Waals surface area (Å²) in [5.74, 6) is 0.641. The fraction of sp³-hybridized carbons (Fsp3) is 0.333. The van der Waals surface area contributed by atoms with E-state index in [-0.39, 0.29) is 10.2 Å². The lowest BCUT2D eigenvalue weighted by molar-refractivity contribution is 0.575. The van der Waals surface area contributed by atoms with Gasteiger partial charge < -0.3 is 11.1 Å². The summed E-state index contributed by atoms with van der Waals surface area (Å²) in [5.41, 5.74) is 6.03. The predicted octanol–water partition coefficient (Wildman–Crippen LogP) is 3.04. The van der Waals surface area contributed by atoms with Crippen LogP contribution in [0.5, 0.6) is 0 Å². The Labute approximate surface area is 160 Å². The third kappa shape index (κ3) is 6.43. The summed E-state index contributed by atoms with van der Waals surface area (Å²) in [5, 5.41) is 3.34. The van der Waals surface area contributed by atoms with Gasteiger partial charge in [-0.15, -0.1) is 0 Å². The standard InChI is InChI=1S/C15H19BrClN5O2S/c16-13-10-20-15(17)22-14(13)19-7-2-1-3-8-21-25(23,24)12-6-4-5-11(18)9-12/h4-6,9-10,21H,1-3,7-8,18H2,(H,19,20,22). The van der Waals surface area contributed by atoms with Gasteiger partial charge in [-0.05, 0) is 58.6 Å². The first-order valence-electron chi connectivity index (χ1n) is 7.65. The van der Waals surface area contributed by atoms with Gasteiger partial charge >= 0.3 is 0 Å². The summed E-state index contributed by atoms with van der Waals surface area (Å²) in [7, 11) is -3.51. The van der Waals surface area contributed by atoms with Crippen molar-refractivity contribution in [2.75, 3.05) is 24.1 Å². The van der Waals surface area contributed by atoms with E-state index >= 15 is 0 Å². The van der Waals surface area contributed by atoms with Gasteiger partial charge in [-0.1, -0.05) is 12.5 Å². The zero-order valence-corrected chi connectivity index (χ0v) is 16.5. The van der Waals surface area contributed by atoms with E-state index in [1.807, 2.05) is 0 Å². The first-order chi connectivity index (χ1) is 11.9. The summed E-state index contributed by atoms with van der Waals surface area (Å²) in [6, 6.07) is 6.23. The molecule has 0 aliphatic heterocycles. The highest BCUT2D eigenvalue weighted by molar-refractivity contribution is 9.10. The average molecular weight is 449 g/mol. The molecule has 0 saturated carbocycles. The molecule has 0 saturated heterocycles. The number of anilines is 2. The number of hydrogen-bond acceptors (Lipinski definition) is 6. The highest BCUT2D eigenvalue weighted by Crippen LogP contribution is 2.20. The first-order valence-corrected chi connectivity index (χ1v) is 10.3. The lowest BCUT2D eigenvalue weighted by Crippen LogP contribution is -2.25. The zero-order chi connectivity index (χ0) is 18.3. The van der Waals surface area contributed by atoms with Gasteiger partial charge in [0, 0.05) is 25.0 Å². The van der Waals surface area contributed by atoms with Crippen LogP contribution in [0, 0.1) is 0 Å². The van der Waals surface area contributed by atoms with E-state index in [4.69, 9.17) is 17.3 Å². The minimum atomic E-state index is -3.51. The van der Waals surface area contributed by atoms with E-state index in [1.165, 1.54) is 12.1 Å². The van der Waals surface area contributed by atoms with Crippen molar-refractivity contribution in [2.45, 2.75) is 24.2 Å². The lowest BCUT2D eigenvalue weighted by atomic mass is 10.2. The van der Waals surface area contributed by atoms with Crippen LogP contribution in [0.15, 0.2) is 39.8 Å². The summed E-state index contributed by atoms with van der Waals surface area (Å²) >= 11 is 9.09. The number of unbranched alkanes of at least 4 members (excludes halogenated alkanes) is 2. The molecule has 1 aromatic heterocycles. The van der Waals surface area contributed by atoms with Crippen LogP contribution < -0.4 is 15.8 Å². The Kier molecular flexibility index (Phi) is 7.42. The second-order valence-corrected chi connectivity index (χ2v) is 8.25. The third-order valence-electron chi connectivity index (χ3n) is 3.32. The minimum Gasteiger partial charge on any atom is -0.399 e. The summed E-state index contributed by atoms with van der Waals surface area (Å²) < 4.78 is 27.6. The fourth-order valence-corrected chi connectivity index (χ4v) is 3.67. The van der Waals surface area contributed by atoms with Crippen molar-refractivity contribution in [2.24, 2.45) is 0 Å². The van der Waals surface area contributed by atoms with Crippen molar-refractivity contribution < 1.29 is 8.42 Å². The molecule has 0 fully saturated rings. The average Bonchev–Trinajstić information content (AvgIpc) is 2.57. The topological polar surface area (TPSA) is 110 Å². The molecule has 2 rings (SSSR count). The van der Waals surface area contributed by atoms with Crippen molar-refractivity contribution >= 4 is 49.1 Å². The second kappa shape index (κ2) is 9.33. The molecule has 0 aliphatic rings. The molecule has 0 aliphatic carbocycles. The quantitative estimate of drug-likeness (QED) is 0.309. The van der Waals surface area contributed by atoms with Crippen molar-refractivity contribution in [3.63, 3.8) is 0 Å². The Morgan fingerprint density at radius 2 is 1.96 bits per heavy atom. The van der Waals surface area contributed by atoms with Crippen LogP contribution in [0.3, 0.4) is 0 Å². The van der Waals surface area contributed by atoms with Gasteiger partial charge in [0.15, 0.2) is 0 Å². The van der Waals surface area contributed by atoms with Crippen molar-refractivity contribution in [1.29, 1.82) is 0 Å². The maximum Gasteiger partial charge on any atom is 0.240 e. The third-order valence-corrected chi connectivity index (χ3v) is 5.54.